The van der Waals surface area contributed by atoms with E-state index in [0.29, 0.717) is 31.5 Å². The number of hydrogen-bond acceptors (Lipinski definition) is 5. The Kier molecular flexibility index (Phi) is 13.7. The summed E-state index contributed by atoms with van der Waals surface area (Å²) < 4.78 is 5.48. The molecule has 0 fully saturated rings. The van der Waals surface area contributed by atoms with Gasteiger partial charge >= 0.3 is 6.09 Å². The number of unbranched alkanes of at least 4 members (excludes halogenated alkanes) is 4. The Bertz CT molecular complexity index is 1100. The van der Waals surface area contributed by atoms with Crippen molar-refractivity contribution in [3.05, 3.63) is 65.7 Å². The fourth-order valence-corrected chi connectivity index (χ4v) is 4.60. The number of carbonyl (C=O) groups is 3. The summed E-state index contributed by atoms with van der Waals surface area (Å²) in [7, 11) is 0. The van der Waals surface area contributed by atoms with Gasteiger partial charge in [-0.15, -0.1) is 0 Å². The van der Waals surface area contributed by atoms with Crippen molar-refractivity contribution in [2.75, 3.05) is 6.54 Å². The SMILES string of the molecule is CCCCCCCN(C(=O)C(NC(=O)OC(C)(C)C)C(C)CC)C(C(=O)NCc1ccccc1)c1cccc(O)c1. The molecule has 8 heteroatoms. The van der Waals surface area contributed by atoms with Crippen molar-refractivity contribution in [1.82, 2.24) is 15.5 Å². The van der Waals surface area contributed by atoms with Gasteiger partial charge in [-0.25, -0.2) is 4.79 Å². The van der Waals surface area contributed by atoms with Gasteiger partial charge < -0.3 is 25.4 Å². The number of ether oxygens (including phenoxy) is 1. The normalized spacial score (nSPS) is 13.5. The molecule has 0 aliphatic heterocycles. The Morgan fingerprint density at radius 3 is 2.24 bits per heavy atom. The number of phenols is 1. The maximum Gasteiger partial charge on any atom is 0.408 e. The smallest absolute Gasteiger partial charge is 0.408 e. The number of hydrogen-bond donors (Lipinski definition) is 3. The molecule has 0 aromatic heterocycles. The van der Waals surface area contributed by atoms with Crippen molar-refractivity contribution < 1.29 is 24.2 Å². The van der Waals surface area contributed by atoms with Crippen LogP contribution >= 0.6 is 0 Å². The van der Waals surface area contributed by atoms with Crippen molar-refractivity contribution >= 4 is 17.9 Å². The van der Waals surface area contributed by atoms with Crippen LogP contribution in [0.1, 0.15) is 97.2 Å². The van der Waals surface area contributed by atoms with E-state index in [1.807, 2.05) is 44.2 Å². The zero-order valence-electron chi connectivity index (χ0n) is 25.6. The molecule has 3 atom stereocenters. The molecule has 0 bridgehead atoms. The van der Waals surface area contributed by atoms with Crippen LogP contribution in [0.3, 0.4) is 0 Å². The number of phenolic OH excluding ortho intramolecular Hbond substituents is 1. The molecule has 2 rings (SSSR count). The zero-order valence-corrected chi connectivity index (χ0v) is 25.6. The molecule has 0 aliphatic carbocycles. The number of carbonyl (C=O) groups excluding carboxylic acids is 3. The molecule has 41 heavy (non-hydrogen) atoms. The van der Waals surface area contributed by atoms with Crippen LogP contribution in [-0.4, -0.2) is 46.1 Å². The lowest BCUT2D eigenvalue weighted by atomic mass is 9.95. The Morgan fingerprint density at radius 1 is 0.951 bits per heavy atom. The standard InChI is InChI=1S/C33H49N3O5/c1-7-9-10-11-15-21-36(31(39)28(24(3)8-2)35-32(40)41-33(4,5)6)29(26-19-16-20-27(37)22-26)30(38)34-23-25-17-13-12-14-18-25/h12-14,16-20,22,24,28-29,37H,7-11,15,21,23H2,1-6H3,(H,34,38)(H,35,40). The third-order valence-electron chi connectivity index (χ3n) is 6.99. The molecule has 3 amide bonds. The van der Waals surface area contributed by atoms with E-state index in [1.165, 1.54) is 12.1 Å². The predicted molar refractivity (Wildman–Crippen MR) is 162 cm³/mol. The highest BCUT2D eigenvalue weighted by Gasteiger charge is 2.38. The molecule has 226 valence electrons. The van der Waals surface area contributed by atoms with E-state index < -0.39 is 23.8 Å². The van der Waals surface area contributed by atoms with Gasteiger partial charge in [-0.3, -0.25) is 9.59 Å². The van der Waals surface area contributed by atoms with Crippen LogP contribution in [-0.2, 0) is 20.9 Å². The summed E-state index contributed by atoms with van der Waals surface area (Å²) in [6, 6.07) is 14.1. The molecule has 2 aromatic carbocycles. The second-order valence-corrected chi connectivity index (χ2v) is 11.7. The third kappa shape index (κ3) is 11.5. The van der Waals surface area contributed by atoms with E-state index in [0.717, 1.165) is 31.2 Å². The number of amides is 3. The first kappa shape index (κ1) is 33.7. The molecule has 2 aromatic rings. The van der Waals surface area contributed by atoms with Crippen LogP contribution in [0.2, 0.25) is 0 Å². The topological polar surface area (TPSA) is 108 Å². The van der Waals surface area contributed by atoms with E-state index >= 15 is 0 Å². The van der Waals surface area contributed by atoms with Gasteiger partial charge in [-0.2, -0.15) is 0 Å². The fraction of sp³-hybridized carbons (Fsp3) is 0.545. The maximum atomic E-state index is 14.4. The first-order valence-electron chi connectivity index (χ1n) is 14.9. The van der Waals surface area contributed by atoms with Crippen LogP contribution < -0.4 is 10.6 Å². The molecular weight excluding hydrogens is 518 g/mol. The van der Waals surface area contributed by atoms with Crippen molar-refractivity contribution in [3.8, 4) is 5.75 Å². The number of nitrogens with one attached hydrogen (secondary N) is 2. The minimum atomic E-state index is -1.00. The van der Waals surface area contributed by atoms with E-state index in [1.54, 1.807) is 37.8 Å². The second-order valence-electron chi connectivity index (χ2n) is 11.7. The summed E-state index contributed by atoms with van der Waals surface area (Å²) in [4.78, 5) is 42.6. The quantitative estimate of drug-likeness (QED) is 0.213. The maximum absolute atomic E-state index is 14.4. The number of nitrogens with zero attached hydrogens (tertiary/aromatic N) is 1. The average Bonchev–Trinajstić information content (AvgIpc) is 2.92. The van der Waals surface area contributed by atoms with Gasteiger partial charge in [0, 0.05) is 13.1 Å². The monoisotopic (exact) mass is 567 g/mol. The van der Waals surface area contributed by atoms with E-state index in [-0.39, 0.29) is 23.5 Å². The van der Waals surface area contributed by atoms with Gasteiger partial charge in [-0.1, -0.05) is 95.3 Å². The Labute approximate surface area is 245 Å². The largest absolute Gasteiger partial charge is 0.508 e. The summed E-state index contributed by atoms with van der Waals surface area (Å²) in [6.45, 7) is 11.9. The van der Waals surface area contributed by atoms with Crippen LogP contribution in [0.25, 0.3) is 0 Å². The molecule has 0 spiro atoms. The van der Waals surface area contributed by atoms with E-state index in [2.05, 4.69) is 17.6 Å². The second kappa shape index (κ2) is 16.7. The lowest BCUT2D eigenvalue weighted by molar-refractivity contribution is -0.143. The number of rotatable bonds is 15. The average molecular weight is 568 g/mol. The molecule has 3 unspecified atom stereocenters. The molecule has 8 nitrogen and oxygen atoms in total. The number of aromatic hydroxyl groups is 1. The lowest BCUT2D eigenvalue weighted by Gasteiger charge is -2.36. The van der Waals surface area contributed by atoms with Gasteiger partial charge in [0.1, 0.15) is 23.4 Å². The van der Waals surface area contributed by atoms with Crippen molar-refractivity contribution in [2.45, 2.75) is 104 Å². The van der Waals surface area contributed by atoms with E-state index in [9.17, 15) is 19.5 Å². The predicted octanol–water partition coefficient (Wildman–Crippen LogP) is 6.49. The molecule has 3 N–H and O–H groups in total. The summed E-state index contributed by atoms with van der Waals surface area (Å²) in [5, 5.41) is 16.1. The van der Waals surface area contributed by atoms with Gasteiger partial charge in [0.25, 0.3) is 0 Å². The van der Waals surface area contributed by atoms with Crippen LogP contribution in [0.4, 0.5) is 4.79 Å². The highest BCUT2D eigenvalue weighted by atomic mass is 16.6. The zero-order chi connectivity index (χ0) is 30.4. The first-order valence-corrected chi connectivity index (χ1v) is 14.9. The molecule has 0 heterocycles. The molecule has 0 saturated carbocycles. The Morgan fingerprint density at radius 2 is 1.63 bits per heavy atom. The van der Waals surface area contributed by atoms with Crippen LogP contribution in [0.15, 0.2) is 54.6 Å². The molecule has 0 radical (unpaired) electrons. The van der Waals surface area contributed by atoms with Gasteiger partial charge in [0.05, 0.1) is 0 Å². The Hall–Kier alpha value is -3.55. The van der Waals surface area contributed by atoms with Crippen molar-refractivity contribution in [3.63, 3.8) is 0 Å². The summed E-state index contributed by atoms with van der Waals surface area (Å²) in [5.74, 6) is -0.927. The van der Waals surface area contributed by atoms with Crippen LogP contribution in [0, 0.1) is 5.92 Å². The van der Waals surface area contributed by atoms with Gasteiger partial charge in [0.15, 0.2) is 0 Å². The molecule has 0 saturated heterocycles. The lowest BCUT2D eigenvalue weighted by Crippen LogP contribution is -2.55. The molecular formula is C33H49N3O5. The minimum Gasteiger partial charge on any atom is -0.508 e. The highest BCUT2D eigenvalue weighted by Crippen LogP contribution is 2.28. The highest BCUT2D eigenvalue weighted by molar-refractivity contribution is 5.92. The van der Waals surface area contributed by atoms with Crippen molar-refractivity contribution in [1.29, 1.82) is 0 Å². The van der Waals surface area contributed by atoms with Gasteiger partial charge in [-0.05, 0) is 56.4 Å². The van der Waals surface area contributed by atoms with Crippen LogP contribution in [0.5, 0.6) is 5.75 Å². The fourth-order valence-electron chi connectivity index (χ4n) is 4.60. The number of alkyl carbamates (subject to hydrolysis) is 1. The summed E-state index contributed by atoms with van der Waals surface area (Å²) in [5.41, 5.74) is 0.697. The van der Waals surface area contributed by atoms with Gasteiger partial charge in [0.2, 0.25) is 11.8 Å². The Balaban J connectivity index is 2.48. The summed E-state index contributed by atoms with van der Waals surface area (Å²) >= 11 is 0. The summed E-state index contributed by atoms with van der Waals surface area (Å²) in [6.07, 6.45) is 4.77. The van der Waals surface area contributed by atoms with E-state index in [4.69, 9.17) is 4.74 Å². The van der Waals surface area contributed by atoms with Crippen molar-refractivity contribution in [2.24, 2.45) is 5.92 Å². The third-order valence-corrected chi connectivity index (χ3v) is 6.99. The molecule has 0 aliphatic rings. The first-order chi connectivity index (χ1) is 19.5. The number of benzene rings is 2. The minimum absolute atomic E-state index is 0.00376.